The van der Waals surface area contributed by atoms with Crippen LogP contribution in [0.2, 0.25) is 5.02 Å². The number of H-pyrrole nitrogens is 2. The average molecular weight is 594 g/mol. The van der Waals surface area contributed by atoms with Crippen molar-refractivity contribution in [2.75, 3.05) is 0 Å². The topological polar surface area (TPSA) is 152 Å². The summed E-state index contributed by atoms with van der Waals surface area (Å²) in [4.78, 5) is 47.3. The first kappa shape index (κ1) is 24.5. The van der Waals surface area contributed by atoms with Gasteiger partial charge >= 0.3 is 0 Å². The summed E-state index contributed by atoms with van der Waals surface area (Å²) in [5.41, 5.74) is 4.78. The molecule has 0 fully saturated rings. The number of aromatic nitrogens is 8. The first-order valence-corrected chi connectivity index (χ1v) is 14.0. The van der Waals surface area contributed by atoms with E-state index in [2.05, 4.69) is 9.97 Å². The van der Waals surface area contributed by atoms with Gasteiger partial charge in [-0.25, -0.2) is 29.9 Å². The minimum absolute atomic E-state index is 0.0521. The van der Waals surface area contributed by atoms with E-state index in [1.54, 1.807) is 6.07 Å². The van der Waals surface area contributed by atoms with Crippen molar-refractivity contribution in [2.24, 2.45) is 0 Å². The molecule has 2 N–H and O–H groups in total. The number of nitrogens with zero attached hydrogens (tertiary/aromatic N) is 7. The van der Waals surface area contributed by atoms with Gasteiger partial charge in [-0.3, -0.25) is 10.1 Å². The number of nitro groups is 1. The van der Waals surface area contributed by atoms with Crippen LogP contribution in [0.3, 0.4) is 0 Å². The lowest BCUT2D eigenvalue weighted by atomic mass is 10.1. The van der Waals surface area contributed by atoms with Gasteiger partial charge in [0, 0.05) is 44.5 Å². The van der Waals surface area contributed by atoms with Crippen LogP contribution in [0.25, 0.3) is 89.7 Å². The second kappa shape index (κ2) is 8.96. The van der Waals surface area contributed by atoms with Crippen molar-refractivity contribution < 1.29 is 4.92 Å². The monoisotopic (exact) mass is 593 g/mol. The van der Waals surface area contributed by atoms with Crippen molar-refractivity contribution >= 4 is 61.4 Å². The highest BCUT2D eigenvalue weighted by atomic mass is 35.5. The normalized spacial score (nSPS) is 11.9. The van der Waals surface area contributed by atoms with Gasteiger partial charge in [0.1, 0.15) is 27.6 Å². The molecule has 2 aliphatic heterocycles. The molecular weight excluding hydrogens is 578 g/mol. The Labute approximate surface area is 251 Å². The number of fused-ring (bicyclic) bond motifs is 20. The van der Waals surface area contributed by atoms with Gasteiger partial charge in [-0.1, -0.05) is 84.4 Å². The third-order valence-corrected chi connectivity index (χ3v) is 8.22. The summed E-state index contributed by atoms with van der Waals surface area (Å²) < 4.78 is 0. The van der Waals surface area contributed by atoms with Crippen molar-refractivity contribution in [2.45, 2.75) is 0 Å². The summed E-state index contributed by atoms with van der Waals surface area (Å²) in [6.07, 6.45) is 0. The number of aromatic amines is 2. The number of nitrogens with one attached hydrogen (secondary N) is 2. The molecule has 0 saturated carbocycles. The maximum atomic E-state index is 11.8. The van der Waals surface area contributed by atoms with Crippen molar-refractivity contribution in [1.29, 1.82) is 0 Å². The van der Waals surface area contributed by atoms with E-state index in [1.165, 1.54) is 6.07 Å². The van der Waals surface area contributed by atoms with Crippen LogP contribution in [0.1, 0.15) is 0 Å². The van der Waals surface area contributed by atoms with Crippen LogP contribution in [0.5, 0.6) is 0 Å². The number of halogens is 1. The number of nitro benzene ring substituents is 1. The summed E-state index contributed by atoms with van der Waals surface area (Å²) >= 11 is 6.67. The summed E-state index contributed by atoms with van der Waals surface area (Å²) in [5, 5.41) is 14.4. The van der Waals surface area contributed by atoms with E-state index in [4.69, 9.17) is 41.5 Å². The molecule has 4 aromatic carbocycles. The summed E-state index contributed by atoms with van der Waals surface area (Å²) in [5.74, 6) is 1.75. The molecule has 11 nitrogen and oxygen atoms in total. The maximum absolute atomic E-state index is 11.8. The predicted molar refractivity (Wildman–Crippen MR) is 168 cm³/mol. The molecule has 7 aromatic rings. The molecule has 8 bridgehead atoms. The first-order chi connectivity index (χ1) is 21.5. The molecule has 12 heteroatoms. The maximum Gasteiger partial charge on any atom is 0.288 e. The fourth-order valence-corrected chi connectivity index (χ4v) is 6.14. The van der Waals surface area contributed by atoms with Crippen molar-refractivity contribution in [3.63, 3.8) is 0 Å². The zero-order chi connectivity index (χ0) is 29.5. The summed E-state index contributed by atoms with van der Waals surface area (Å²) in [7, 11) is 0. The lowest BCUT2D eigenvalue weighted by molar-refractivity contribution is -0.384. The number of hydrogen-bond donors (Lipinski definition) is 2. The van der Waals surface area contributed by atoms with Gasteiger partial charge in [-0.15, -0.1) is 0 Å². The van der Waals surface area contributed by atoms with Crippen LogP contribution in [0, 0.1) is 10.1 Å². The van der Waals surface area contributed by atoms with Crippen LogP contribution in [-0.4, -0.2) is 44.8 Å². The molecule has 3 aromatic heterocycles. The van der Waals surface area contributed by atoms with E-state index in [9.17, 15) is 10.1 Å². The molecule has 0 aliphatic carbocycles. The van der Waals surface area contributed by atoms with E-state index in [0.29, 0.717) is 51.0 Å². The Balaban J connectivity index is 1.51. The third-order valence-electron chi connectivity index (χ3n) is 7.83. The van der Waals surface area contributed by atoms with Gasteiger partial charge in [0.25, 0.3) is 5.69 Å². The zero-order valence-electron chi connectivity index (χ0n) is 22.4. The van der Waals surface area contributed by atoms with Gasteiger partial charge in [-0.05, 0) is 6.07 Å². The van der Waals surface area contributed by atoms with E-state index in [-0.39, 0.29) is 16.4 Å². The zero-order valence-corrected chi connectivity index (χ0v) is 23.2. The standard InChI is InChI=1S/C32H16ClN9O2/c33-24-22(42(43)44)14-13-21-23(24)32-40-30-20-12-6-5-11-19(20)28(38-30)36-26-16-8-2-1-7-15(16)25(34-26)35-27-17-9-3-4-10-18(17)29(37-27)39-31(21)41-32/h1-14H,(H2,34,35,36,37,38,39,40,41). The quantitative estimate of drug-likeness (QED) is 0.147. The Bertz CT molecular complexity index is 2570. The molecule has 0 spiro atoms. The molecule has 0 saturated heterocycles. The second-order valence-corrected chi connectivity index (χ2v) is 10.7. The Morgan fingerprint density at radius 3 is 1.41 bits per heavy atom. The van der Waals surface area contributed by atoms with Gasteiger partial charge in [0.15, 0.2) is 23.3 Å². The Hall–Kier alpha value is -6.07. The molecule has 2 aliphatic rings. The van der Waals surface area contributed by atoms with Crippen molar-refractivity contribution in [3.05, 3.63) is 100 Å². The third kappa shape index (κ3) is 3.50. The molecule has 208 valence electrons. The lowest BCUT2D eigenvalue weighted by Crippen LogP contribution is -1.89. The molecule has 9 rings (SSSR count). The van der Waals surface area contributed by atoms with Gasteiger partial charge in [0.05, 0.1) is 10.3 Å². The van der Waals surface area contributed by atoms with E-state index >= 15 is 0 Å². The van der Waals surface area contributed by atoms with Gasteiger partial charge in [-0.2, -0.15) is 0 Å². The lowest BCUT2D eigenvalue weighted by Gasteiger charge is -1.98. The highest BCUT2D eigenvalue weighted by Gasteiger charge is 2.24. The SMILES string of the molecule is O=[N+]([O-])c1ccc2c3nc4nc(nc5[nH]c(nc6nc(nc([nH]3)c2c1Cl)-c1ccccc1-6)c1ccccc51)-c1ccccc1-4. The number of benzene rings is 4. The summed E-state index contributed by atoms with van der Waals surface area (Å²) in [6.45, 7) is 0. The average Bonchev–Trinajstić information content (AvgIpc) is 3.77. The van der Waals surface area contributed by atoms with Crippen molar-refractivity contribution in [1.82, 2.24) is 39.9 Å². The highest BCUT2D eigenvalue weighted by Crippen LogP contribution is 2.39. The molecule has 0 radical (unpaired) electrons. The van der Waals surface area contributed by atoms with Gasteiger partial charge < -0.3 is 9.97 Å². The van der Waals surface area contributed by atoms with Gasteiger partial charge in [0.2, 0.25) is 0 Å². The van der Waals surface area contributed by atoms with Crippen molar-refractivity contribution in [3.8, 4) is 45.6 Å². The Kier molecular flexibility index (Phi) is 5.00. The summed E-state index contributed by atoms with van der Waals surface area (Å²) in [6, 6.07) is 26.2. The van der Waals surface area contributed by atoms with E-state index in [0.717, 1.165) is 33.0 Å². The largest absolute Gasteiger partial charge is 0.324 e. The first-order valence-electron chi connectivity index (χ1n) is 13.6. The minimum atomic E-state index is -0.521. The molecule has 0 atom stereocenters. The molecule has 0 unspecified atom stereocenters. The number of hydrogen-bond acceptors (Lipinski definition) is 8. The van der Waals surface area contributed by atoms with E-state index < -0.39 is 4.92 Å². The van der Waals surface area contributed by atoms with Crippen LogP contribution < -0.4 is 0 Å². The van der Waals surface area contributed by atoms with Crippen LogP contribution in [-0.2, 0) is 0 Å². The predicted octanol–water partition coefficient (Wildman–Crippen LogP) is 7.43. The molecule has 0 amide bonds. The van der Waals surface area contributed by atoms with Crippen LogP contribution >= 0.6 is 11.6 Å². The van der Waals surface area contributed by atoms with E-state index in [1.807, 2.05) is 72.8 Å². The smallest absolute Gasteiger partial charge is 0.288 e. The fraction of sp³-hybridized carbons (Fsp3) is 0. The Morgan fingerprint density at radius 1 is 0.523 bits per heavy atom. The minimum Gasteiger partial charge on any atom is -0.324 e. The molecule has 44 heavy (non-hydrogen) atoms. The highest BCUT2D eigenvalue weighted by molar-refractivity contribution is 6.39. The van der Waals surface area contributed by atoms with Crippen LogP contribution in [0.4, 0.5) is 5.69 Å². The molecular formula is C32H16ClN9O2. The Morgan fingerprint density at radius 2 is 0.932 bits per heavy atom. The molecule has 5 heterocycles. The second-order valence-electron chi connectivity index (χ2n) is 10.3. The van der Waals surface area contributed by atoms with Crippen LogP contribution in [0.15, 0.2) is 84.9 Å². The fourth-order valence-electron chi connectivity index (χ4n) is 5.82. The number of rotatable bonds is 1.